The highest BCUT2D eigenvalue weighted by Crippen LogP contribution is 2.33. The summed E-state index contributed by atoms with van der Waals surface area (Å²) in [4.78, 5) is 24.7. The molecule has 2 amide bonds. The Morgan fingerprint density at radius 1 is 0.526 bits per heavy atom. The molecule has 0 radical (unpaired) electrons. The molecule has 4 aliphatic rings. The van der Waals surface area contributed by atoms with E-state index >= 15 is 0 Å². The van der Waals surface area contributed by atoms with Crippen molar-refractivity contribution in [3.63, 3.8) is 0 Å². The Kier molecular flexibility index (Phi) is 17.5. The van der Waals surface area contributed by atoms with Gasteiger partial charge in [-0.1, -0.05) is 19.6 Å². The summed E-state index contributed by atoms with van der Waals surface area (Å²) >= 11 is 0. The second-order valence-electron chi connectivity index (χ2n) is 15.8. The van der Waals surface area contributed by atoms with Gasteiger partial charge in [-0.05, 0) is 6.04 Å². The topological polar surface area (TPSA) is 355 Å². The van der Waals surface area contributed by atoms with Gasteiger partial charge in [-0.3, -0.25) is 9.59 Å². The number of hydrogen-bond acceptors (Lipinski definition) is 21. The van der Waals surface area contributed by atoms with Gasteiger partial charge in [-0.25, -0.2) is 0 Å². The van der Waals surface area contributed by atoms with Crippen molar-refractivity contribution < 1.29 is 104 Å². The molecular weight excluding hydrogens is 788 g/mol. The zero-order valence-electron chi connectivity index (χ0n) is 32.3. The number of aliphatic hydroxyl groups is 11. The summed E-state index contributed by atoms with van der Waals surface area (Å²) in [5.41, 5.74) is 0. The van der Waals surface area contributed by atoms with Crippen LogP contribution in [0.15, 0.2) is 0 Å². The minimum Gasteiger partial charge on any atom is -0.394 e. The first kappa shape index (κ1) is 48.1. The van der Waals surface area contributed by atoms with Gasteiger partial charge in [0.2, 0.25) is 11.8 Å². The predicted molar refractivity (Wildman–Crippen MR) is 189 cm³/mol. The van der Waals surface area contributed by atoms with Crippen molar-refractivity contribution in [1.29, 1.82) is 0 Å². The lowest BCUT2D eigenvalue weighted by Gasteiger charge is -2.49. The molecule has 0 saturated carbocycles. The third kappa shape index (κ3) is 11.8. The average Bonchev–Trinajstić information content (AvgIpc) is 3.14. The van der Waals surface area contributed by atoms with E-state index in [-0.39, 0.29) is 6.61 Å². The fourth-order valence-corrected chi connectivity index (χ4v) is 7.58. The smallest absolute Gasteiger partial charge is 0.217 e. The number of amides is 2. The molecule has 57 heavy (non-hydrogen) atoms. The largest absolute Gasteiger partial charge is 0.394 e. The molecule has 4 fully saturated rings. The Morgan fingerprint density at radius 3 is 1.44 bits per heavy atom. The maximum Gasteiger partial charge on any atom is 0.217 e. The van der Waals surface area contributed by atoms with Crippen molar-refractivity contribution in [2.75, 3.05) is 33.0 Å². The number of ether oxygens (including phenoxy) is 8. The quantitative estimate of drug-likeness (QED) is 0.0642. The molecule has 4 aliphatic heterocycles. The van der Waals surface area contributed by atoms with Crippen molar-refractivity contribution >= 4 is 19.9 Å². The summed E-state index contributed by atoms with van der Waals surface area (Å²) in [6.45, 7) is 5.73. The SMILES string of the molecule is CC(=O)N[C@H]1[C@H](OC[C@H]2O[C@H](OCC[Si](C)(C)C)[C@H](NC(C)=O)[C@@H](O[C@@H]3O[C@H](CO)[C@H](O)[C@H](O)[C@H]3O)[C@H]2O)O[C@H](CO)[C@@H](O[C@@H]2O[C@H](CO)[C@H](O)[C@H](O)[C@H]2O)[C@@H]1O. The number of rotatable bonds is 16. The third-order valence-electron chi connectivity index (χ3n) is 10.1. The van der Waals surface area contributed by atoms with E-state index in [0.29, 0.717) is 6.04 Å². The summed E-state index contributed by atoms with van der Waals surface area (Å²) in [7, 11) is -1.69. The van der Waals surface area contributed by atoms with Crippen LogP contribution in [-0.2, 0) is 47.5 Å². The van der Waals surface area contributed by atoms with E-state index in [1.807, 2.05) is 0 Å². The van der Waals surface area contributed by atoms with Gasteiger partial charge in [0, 0.05) is 28.5 Å². The van der Waals surface area contributed by atoms with Crippen LogP contribution in [0.5, 0.6) is 0 Å². The molecule has 0 aromatic heterocycles. The Labute approximate surface area is 329 Å². The van der Waals surface area contributed by atoms with Gasteiger partial charge in [0.25, 0.3) is 0 Å². The monoisotopic (exact) mass is 848 g/mol. The van der Waals surface area contributed by atoms with Crippen molar-refractivity contribution in [2.45, 2.75) is 162 Å². The van der Waals surface area contributed by atoms with E-state index in [1.54, 1.807) is 0 Å². The highest BCUT2D eigenvalue weighted by Gasteiger charge is 2.54. The summed E-state index contributed by atoms with van der Waals surface area (Å²) in [6.07, 6.45) is -29.6. The van der Waals surface area contributed by atoms with Crippen LogP contribution in [0.2, 0.25) is 25.7 Å². The molecular formula is C33H60N2O21Si. The molecule has 0 aromatic rings. The highest BCUT2D eigenvalue weighted by atomic mass is 28.3. The van der Waals surface area contributed by atoms with Crippen LogP contribution in [0.3, 0.4) is 0 Å². The Bertz CT molecular complexity index is 1280. The lowest BCUT2D eigenvalue weighted by atomic mass is 9.94. The first-order chi connectivity index (χ1) is 26.7. The minimum atomic E-state index is -1.89. The first-order valence-electron chi connectivity index (χ1n) is 18.7. The summed E-state index contributed by atoms with van der Waals surface area (Å²) < 4.78 is 46.7. The van der Waals surface area contributed by atoms with Crippen LogP contribution in [0.4, 0.5) is 0 Å². The molecule has 20 atom stereocenters. The van der Waals surface area contributed by atoms with Gasteiger partial charge in [-0.15, -0.1) is 0 Å². The van der Waals surface area contributed by atoms with E-state index in [2.05, 4.69) is 30.3 Å². The average molecular weight is 849 g/mol. The zero-order valence-corrected chi connectivity index (χ0v) is 33.3. The van der Waals surface area contributed by atoms with Crippen LogP contribution in [-0.4, -0.2) is 232 Å². The molecule has 0 unspecified atom stereocenters. The molecule has 332 valence electrons. The lowest BCUT2D eigenvalue weighted by molar-refractivity contribution is -0.357. The number of carbonyl (C=O) groups is 2. The molecule has 0 aliphatic carbocycles. The van der Waals surface area contributed by atoms with Crippen molar-refractivity contribution in [3.8, 4) is 0 Å². The summed E-state index contributed by atoms with van der Waals surface area (Å²) in [5.74, 6) is -1.27. The Balaban J connectivity index is 1.59. The van der Waals surface area contributed by atoms with Crippen LogP contribution < -0.4 is 10.6 Å². The predicted octanol–water partition coefficient (Wildman–Crippen LogP) is -7.10. The van der Waals surface area contributed by atoms with E-state index in [1.165, 1.54) is 6.92 Å². The van der Waals surface area contributed by atoms with Gasteiger partial charge in [0.15, 0.2) is 25.2 Å². The van der Waals surface area contributed by atoms with Crippen LogP contribution >= 0.6 is 0 Å². The number of hydrogen-bond donors (Lipinski definition) is 13. The van der Waals surface area contributed by atoms with Crippen LogP contribution in [0.1, 0.15) is 13.8 Å². The number of aliphatic hydroxyl groups excluding tert-OH is 11. The zero-order chi connectivity index (χ0) is 42.5. The first-order valence-corrected chi connectivity index (χ1v) is 22.4. The van der Waals surface area contributed by atoms with Gasteiger partial charge in [-0.2, -0.15) is 0 Å². The number of carbonyl (C=O) groups excluding carboxylic acids is 2. The standard InChI is InChI=1S/C33H60N2O21Si/c1-12(39)34-18-23(44)28(55-32-26(47)24(45)20(41)14(8-36)51-32)16(10-38)53-30(18)50-11-17-22(43)29(56-33-27(48)25(46)21(42)15(9-37)52-33)19(35-13(2)40)31(54-17)49-6-7-57(3,4)5/h14-33,36-38,41-48H,6-11H2,1-5H3,(H,34,39)(H,35,40)/t14-,15-,16-,17-,18-,19-,20+,21+,22+,23-,24+,25+,26-,27-,28-,29-,30-,31+,32+,33+/m1/s1. The Hall–Kier alpha value is -1.60. The van der Waals surface area contributed by atoms with Gasteiger partial charge in [0.05, 0.1) is 26.4 Å². The number of nitrogens with one attached hydrogen (secondary N) is 2. The molecule has 0 spiro atoms. The normalized spacial score (nSPS) is 44.4. The fraction of sp³-hybridized carbons (Fsp3) is 0.939. The van der Waals surface area contributed by atoms with Crippen molar-refractivity contribution in [2.24, 2.45) is 0 Å². The van der Waals surface area contributed by atoms with E-state index in [9.17, 15) is 65.8 Å². The maximum absolute atomic E-state index is 12.4. The van der Waals surface area contributed by atoms with Gasteiger partial charge < -0.3 is 105 Å². The fourth-order valence-electron chi connectivity index (χ4n) is 6.85. The highest BCUT2D eigenvalue weighted by molar-refractivity contribution is 6.76. The molecule has 13 N–H and O–H groups in total. The second kappa shape index (κ2) is 20.8. The maximum atomic E-state index is 12.4. The van der Waals surface area contributed by atoms with E-state index in [0.717, 1.165) is 6.92 Å². The van der Waals surface area contributed by atoms with Crippen molar-refractivity contribution in [1.82, 2.24) is 10.6 Å². The molecule has 4 heterocycles. The van der Waals surface area contributed by atoms with Crippen molar-refractivity contribution in [3.05, 3.63) is 0 Å². The molecule has 23 nitrogen and oxygen atoms in total. The lowest BCUT2D eigenvalue weighted by Crippen LogP contribution is -2.69. The molecule has 4 saturated heterocycles. The Morgan fingerprint density at radius 2 is 0.965 bits per heavy atom. The molecule has 4 rings (SSSR count). The molecule has 24 heteroatoms. The summed E-state index contributed by atoms with van der Waals surface area (Å²) in [5, 5.41) is 120. The van der Waals surface area contributed by atoms with Gasteiger partial charge in [0.1, 0.15) is 97.5 Å². The summed E-state index contributed by atoms with van der Waals surface area (Å²) in [6, 6.07) is -2.11. The second-order valence-corrected chi connectivity index (χ2v) is 21.4. The minimum absolute atomic E-state index is 0.142. The molecule has 0 aromatic carbocycles. The van der Waals surface area contributed by atoms with E-state index in [4.69, 9.17) is 37.9 Å². The van der Waals surface area contributed by atoms with Gasteiger partial charge >= 0.3 is 0 Å². The molecule has 0 bridgehead atoms. The van der Waals surface area contributed by atoms with E-state index < -0.39 is 169 Å². The third-order valence-corrected chi connectivity index (χ3v) is 11.8. The van der Waals surface area contributed by atoms with Crippen LogP contribution in [0, 0.1) is 0 Å². The van der Waals surface area contributed by atoms with Crippen LogP contribution in [0.25, 0.3) is 0 Å².